The van der Waals surface area contributed by atoms with E-state index >= 15 is 0 Å². The Labute approximate surface area is 190 Å². The van der Waals surface area contributed by atoms with Gasteiger partial charge >= 0.3 is 0 Å². The largest absolute Gasteiger partial charge is 0.323 e. The number of nitrogens with one attached hydrogen (secondary N) is 1. The number of rotatable bonds is 5. The van der Waals surface area contributed by atoms with E-state index in [1.54, 1.807) is 4.90 Å². The van der Waals surface area contributed by atoms with Crippen LogP contribution in [0.1, 0.15) is 54.0 Å². The Morgan fingerprint density at radius 1 is 0.906 bits per heavy atom. The van der Waals surface area contributed by atoms with Crippen LogP contribution in [0.5, 0.6) is 0 Å². The Kier molecular flexibility index (Phi) is 5.64. The van der Waals surface area contributed by atoms with E-state index in [1.807, 2.05) is 75.4 Å². The third-order valence-electron chi connectivity index (χ3n) is 6.48. The molecule has 1 aliphatic rings. The van der Waals surface area contributed by atoms with E-state index in [-0.39, 0.29) is 18.2 Å². The fourth-order valence-electron chi connectivity index (χ4n) is 4.47. The maximum Gasteiger partial charge on any atom is 0.255 e. The molecule has 4 nitrogen and oxygen atoms in total. The van der Waals surface area contributed by atoms with Crippen molar-refractivity contribution >= 4 is 23.2 Å². The summed E-state index contributed by atoms with van der Waals surface area (Å²) in [5.41, 5.74) is 5.57. The van der Waals surface area contributed by atoms with Crippen LogP contribution in [0.2, 0.25) is 0 Å². The summed E-state index contributed by atoms with van der Waals surface area (Å²) in [5, 5.41) is 3.16. The lowest BCUT2D eigenvalue weighted by molar-refractivity contribution is -0.137. The summed E-state index contributed by atoms with van der Waals surface area (Å²) in [6, 6.07) is 21.8. The van der Waals surface area contributed by atoms with Crippen LogP contribution >= 0.6 is 0 Å². The lowest BCUT2D eigenvalue weighted by Crippen LogP contribution is -2.67. The smallest absolute Gasteiger partial charge is 0.255 e. The van der Waals surface area contributed by atoms with E-state index < -0.39 is 5.54 Å². The number of nitrogens with zero attached hydrogens (tertiary/aromatic N) is 1. The van der Waals surface area contributed by atoms with Gasteiger partial charge in [-0.1, -0.05) is 74.0 Å². The van der Waals surface area contributed by atoms with Crippen molar-refractivity contribution in [3.8, 4) is 0 Å². The zero-order valence-corrected chi connectivity index (χ0v) is 19.4. The molecular formula is C28H30N2O2. The monoisotopic (exact) mass is 426 g/mol. The van der Waals surface area contributed by atoms with Gasteiger partial charge in [-0.15, -0.1) is 0 Å². The number of para-hydroxylation sites is 1. The molecule has 2 amide bonds. The van der Waals surface area contributed by atoms with Crippen LogP contribution in [0.3, 0.4) is 0 Å². The van der Waals surface area contributed by atoms with Gasteiger partial charge in [-0.25, -0.2) is 0 Å². The maximum atomic E-state index is 13.9. The molecule has 1 saturated heterocycles. The number of aryl methyl sites for hydroxylation is 3. The van der Waals surface area contributed by atoms with Crippen LogP contribution in [-0.2, 0) is 15.1 Å². The highest BCUT2D eigenvalue weighted by Gasteiger charge is 2.58. The fourth-order valence-corrected chi connectivity index (χ4v) is 4.47. The highest BCUT2D eigenvalue weighted by Crippen LogP contribution is 2.46. The number of amides is 2. The van der Waals surface area contributed by atoms with Crippen LogP contribution in [0, 0.1) is 20.8 Å². The molecule has 164 valence electrons. The van der Waals surface area contributed by atoms with Gasteiger partial charge in [0.15, 0.2) is 5.54 Å². The average molecular weight is 427 g/mol. The Morgan fingerprint density at radius 3 is 2.03 bits per heavy atom. The van der Waals surface area contributed by atoms with E-state index in [0.717, 1.165) is 33.6 Å². The minimum absolute atomic E-state index is 0.0570. The molecular weight excluding hydrogens is 396 g/mol. The van der Waals surface area contributed by atoms with Crippen LogP contribution in [0.25, 0.3) is 0 Å². The van der Waals surface area contributed by atoms with Gasteiger partial charge in [-0.3, -0.25) is 14.5 Å². The summed E-state index contributed by atoms with van der Waals surface area (Å²) in [6.45, 7) is 10.3. The molecule has 1 atom stereocenters. The van der Waals surface area contributed by atoms with Gasteiger partial charge in [0.25, 0.3) is 5.91 Å². The topological polar surface area (TPSA) is 49.4 Å². The van der Waals surface area contributed by atoms with E-state index in [1.165, 1.54) is 5.56 Å². The Morgan fingerprint density at radius 2 is 1.50 bits per heavy atom. The predicted octanol–water partition coefficient (Wildman–Crippen LogP) is 6.01. The third-order valence-corrected chi connectivity index (χ3v) is 6.48. The minimum Gasteiger partial charge on any atom is -0.323 e. The molecule has 32 heavy (non-hydrogen) atoms. The van der Waals surface area contributed by atoms with Crippen LogP contribution in [0.15, 0.2) is 66.7 Å². The third kappa shape index (κ3) is 3.60. The molecule has 3 aromatic rings. The number of anilines is 2. The van der Waals surface area contributed by atoms with Crippen LogP contribution in [-0.4, -0.2) is 11.8 Å². The molecule has 0 radical (unpaired) electrons. The summed E-state index contributed by atoms with van der Waals surface area (Å²) in [4.78, 5) is 28.5. The lowest BCUT2D eigenvalue weighted by atomic mass is 9.75. The zero-order valence-electron chi connectivity index (χ0n) is 19.4. The fraction of sp³-hybridized carbons (Fsp3) is 0.286. The normalized spacial score (nSPS) is 17.9. The molecule has 1 heterocycles. The molecule has 0 spiro atoms. The summed E-state index contributed by atoms with van der Waals surface area (Å²) in [6.07, 6.45) is 0.138. The second kappa shape index (κ2) is 8.27. The van der Waals surface area contributed by atoms with Gasteiger partial charge < -0.3 is 5.32 Å². The van der Waals surface area contributed by atoms with Gasteiger partial charge in [-0.05, 0) is 61.1 Å². The first-order valence-electron chi connectivity index (χ1n) is 11.1. The van der Waals surface area contributed by atoms with Crippen molar-refractivity contribution in [3.63, 3.8) is 0 Å². The van der Waals surface area contributed by atoms with Crippen molar-refractivity contribution in [2.24, 2.45) is 0 Å². The average Bonchev–Trinajstić information content (AvgIpc) is 2.76. The number of hydrogen-bond donors (Lipinski definition) is 1. The van der Waals surface area contributed by atoms with Gasteiger partial charge in [0.05, 0.1) is 6.42 Å². The minimum atomic E-state index is -1.09. The molecule has 0 unspecified atom stereocenters. The Balaban J connectivity index is 1.82. The molecule has 1 N–H and O–H groups in total. The molecule has 1 fully saturated rings. The maximum absolute atomic E-state index is 13.9. The van der Waals surface area contributed by atoms with E-state index in [4.69, 9.17) is 0 Å². The quantitative estimate of drug-likeness (QED) is 0.508. The Bertz CT molecular complexity index is 1140. The van der Waals surface area contributed by atoms with E-state index in [9.17, 15) is 9.59 Å². The van der Waals surface area contributed by atoms with Crippen LogP contribution < -0.4 is 10.2 Å². The van der Waals surface area contributed by atoms with E-state index in [2.05, 4.69) is 31.3 Å². The summed E-state index contributed by atoms with van der Waals surface area (Å²) < 4.78 is 0. The molecule has 4 heteroatoms. The van der Waals surface area contributed by atoms with Crippen molar-refractivity contribution in [2.45, 2.75) is 52.5 Å². The summed E-state index contributed by atoms with van der Waals surface area (Å²) in [5.74, 6) is 0.144. The molecule has 3 aromatic carbocycles. The van der Waals surface area contributed by atoms with Crippen molar-refractivity contribution < 1.29 is 9.59 Å². The first-order chi connectivity index (χ1) is 15.2. The predicted molar refractivity (Wildman–Crippen MR) is 130 cm³/mol. The van der Waals surface area contributed by atoms with E-state index in [0.29, 0.717) is 5.92 Å². The van der Waals surface area contributed by atoms with Gasteiger partial charge in [0, 0.05) is 11.4 Å². The van der Waals surface area contributed by atoms with Crippen LogP contribution in [0.4, 0.5) is 11.4 Å². The van der Waals surface area contributed by atoms with Crippen molar-refractivity contribution in [3.05, 3.63) is 94.5 Å². The highest BCUT2D eigenvalue weighted by atomic mass is 16.2. The second-order valence-electron chi connectivity index (χ2n) is 9.10. The molecule has 0 bridgehead atoms. The Hall–Kier alpha value is -3.40. The lowest BCUT2D eigenvalue weighted by Gasteiger charge is -2.50. The molecule has 0 saturated carbocycles. The molecule has 1 aliphatic heterocycles. The summed E-state index contributed by atoms with van der Waals surface area (Å²) >= 11 is 0. The number of carbonyl (C=O) groups is 2. The number of hydrogen-bond acceptors (Lipinski definition) is 2. The van der Waals surface area contributed by atoms with Crippen molar-refractivity contribution in [2.75, 3.05) is 10.2 Å². The number of benzene rings is 3. The number of β-lactam (4-membered cyclic amide) rings is 1. The number of carbonyl (C=O) groups excluding carboxylic acids is 2. The second-order valence-corrected chi connectivity index (χ2v) is 9.10. The molecule has 0 aliphatic carbocycles. The molecule has 4 rings (SSSR count). The molecule has 0 aromatic heterocycles. The van der Waals surface area contributed by atoms with Gasteiger partial charge in [0.1, 0.15) is 0 Å². The van der Waals surface area contributed by atoms with Crippen molar-refractivity contribution in [1.29, 1.82) is 0 Å². The zero-order chi connectivity index (χ0) is 23.0. The first-order valence-corrected chi connectivity index (χ1v) is 11.1. The van der Waals surface area contributed by atoms with Gasteiger partial charge in [0.2, 0.25) is 5.91 Å². The highest BCUT2D eigenvalue weighted by molar-refractivity contribution is 6.17. The van der Waals surface area contributed by atoms with Gasteiger partial charge in [-0.2, -0.15) is 0 Å². The first kappa shape index (κ1) is 21.8. The summed E-state index contributed by atoms with van der Waals surface area (Å²) in [7, 11) is 0. The van der Waals surface area contributed by atoms with Crippen molar-refractivity contribution in [1.82, 2.24) is 0 Å². The standard InChI is InChI=1S/C28H30N2O2/c1-18(2)22-11-13-23(14-12-22)28(27(32)29-26-20(4)7-6-8-21(26)5)17-25(31)30(28)24-15-9-19(3)10-16-24/h6-16,18H,17H2,1-5H3,(H,29,32)/t28-/m0/s1. The SMILES string of the molecule is Cc1ccc(N2C(=O)C[C@@]2(C(=O)Nc2c(C)cccc2C)c2ccc(C(C)C)cc2)cc1.